The zero-order valence-electron chi connectivity index (χ0n) is 11.7. The summed E-state index contributed by atoms with van der Waals surface area (Å²) in [7, 11) is -2.48. The van der Waals surface area contributed by atoms with Gasteiger partial charge in [-0.2, -0.15) is 0 Å². The van der Waals surface area contributed by atoms with E-state index in [0.717, 1.165) is 49.7 Å². The highest BCUT2D eigenvalue weighted by Crippen LogP contribution is 2.23. The zero-order valence-corrected chi connectivity index (χ0v) is 12.6. The van der Waals surface area contributed by atoms with E-state index in [1.54, 1.807) is 0 Å². The van der Waals surface area contributed by atoms with E-state index in [0.29, 0.717) is 4.90 Å². The second-order valence-electron chi connectivity index (χ2n) is 4.77. The van der Waals surface area contributed by atoms with Crippen molar-refractivity contribution in [2.24, 2.45) is 0 Å². The van der Waals surface area contributed by atoms with E-state index in [4.69, 9.17) is 0 Å². The summed E-state index contributed by atoms with van der Waals surface area (Å²) in [6, 6.07) is 4.18. The predicted molar refractivity (Wildman–Crippen MR) is 77.0 cm³/mol. The van der Waals surface area contributed by atoms with Crippen LogP contribution in [0, 0.1) is 0 Å². The summed E-state index contributed by atoms with van der Waals surface area (Å²) < 4.78 is 23.0. The van der Waals surface area contributed by atoms with Crippen LogP contribution in [0.2, 0.25) is 0 Å². The highest BCUT2D eigenvalue weighted by molar-refractivity contribution is 7.72. The monoisotopic (exact) mass is 268 g/mol. The van der Waals surface area contributed by atoms with Crippen LogP contribution in [0.4, 0.5) is 0 Å². The van der Waals surface area contributed by atoms with Crippen molar-refractivity contribution < 1.29 is 8.42 Å². The summed E-state index contributed by atoms with van der Waals surface area (Å²) in [4.78, 5) is 0.591. The minimum Gasteiger partial charge on any atom is -0.227 e. The molecule has 0 saturated heterocycles. The molecular weight excluding hydrogens is 244 g/mol. The van der Waals surface area contributed by atoms with Crippen molar-refractivity contribution in [3.05, 3.63) is 28.8 Å². The van der Waals surface area contributed by atoms with Gasteiger partial charge < -0.3 is 0 Å². The molecule has 0 atom stereocenters. The van der Waals surface area contributed by atoms with Crippen LogP contribution in [0.1, 0.15) is 56.7 Å². The first kappa shape index (κ1) is 15.2. The Hall–Kier alpha value is -0.830. The second kappa shape index (κ2) is 7.57. The molecule has 0 aliphatic heterocycles. The van der Waals surface area contributed by atoms with Gasteiger partial charge in [-0.1, -0.05) is 52.2 Å². The first-order valence-electron chi connectivity index (χ1n) is 6.93. The smallest absolute Gasteiger partial charge is 0.168 e. The van der Waals surface area contributed by atoms with Gasteiger partial charge >= 0.3 is 0 Å². The maximum atomic E-state index is 11.5. The highest BCUT2D eigenvalue weighted by Gasteiger charge is 2.12. The molecule has 3 heteroatoms. The van der Waals surface area contributed by atoms with Gasteiger partial charge in [0.25, 0.3) is 0 Å². The fourth-order valence-corrected chi connectivity index (χ4v) is 3.24. The maximum Gasteiger partial charge on any atom is 0.168 e. The standard InChI is InChI=1S/C15H24O2S/c1-4-7-12-10-13(8-5-2)15(18(16)17)14(11-12)9-6-3/h10-11,18H,4-9H2,1-3H3. The summed E-state index contributed by atoms with van der Waals surface area (Å²) in [6.07, 6.45) is 5.80. The van der Waals surface area contributed by atoms with Crippen molar-refractivity contribution in [2.45, 2.75) is 64.2 Å². The first-order valence-corrected chi connectivity index (χ1v) is 8.10. The van der Waals surface area contributed by atoms with Crippen molar-refractivity contribution in [3.8, 4) is 0 Å². The fourth-order valence-electron chi connectivity index (χ4n) is 2.42. The highest BCUT2D eigenvalue weighted by atomic mass is 32.2. The molecule has 0 aromatic heterocycles. The predicted octanol–water partition coefficient (Wildman–Crippen LogP) is 3.51. The molecule has 0 fully saturated rings. The van der Waals surface area contributed by atoms with E-state index in [2.05, 4.69) is 32.9 Å². The van der Waals surface area contributed by atoms with Gasteiger partial charge in [0.2, 0.25) is 0 Å². The van der Waals surface area contributed by atoms with E-state index in [1.165, 1.54) is 5.56 Å². The van der Waals surface area contributed by atoms with E-state index in [1.807, 2.05) is 0 Å². The van der Waals surface area contributed by atoms with Crippen molar-refractivity contribution >= 4 is 10.7 Å². The lowest BCUT2D eigenvalue weighted by atomic mass is 9.97. The Morgan fingerprint density at radius 2 is 1.28 bits per heavy atom. The molecule has 0 saturated carbocycles. The van der Waals surface area contributed by atoms with E-state index >= 15 is 0 Å². The first-order chi connectivity index (χ1) is 8.63. The molecule has 0 aliphatic carbocycles. The molecule has 0 spiro atoms. The lowest BCUT2D eigenvalue weighted by Crippen LogP contribution is -2.02. The topological polar surface area (TPSA) is 34.1 Å². The van der Waals surface area contributed by atoms with Crippen LogP contribution in [0.5, 0.6) is 0 Å². The minimum absolute atomic E-state index is 0.591. The van der Waals surface area contributed by atoms with Gasteiger partial charge in [0.1, 0.15) is 0 Å². The maximum absolute atomic E-state index is 11.5. The summed E-state index contributed by atoms with van der Waals surface area (Å²) in [5.74, 6) is 0. The molecule has 18 heavy (non-hydrogen) atoms. The number of rotatable bonds is 7. The van der Waals surface area contributed by atoms with Gasteiger partial charge in [0.15, 0.2) is 10.7 Å². The lowest BCUT2D eigenvalue weighted by molar-refractivity contribution is 0.611. The lowest BCUT2D eigenvalue weighted by Gasteiger charge is -2.12. The zero-order chi connectivity index (χ0) is 13.5. The minimum atomic E-state index is -2.48. The van der Waals surface area contributed by atoms with Gasteiger partial charge in [-0.3, -0.25) is 0 Å². The van der Waals surface area contributed by atoms with Gasteiger partial charge in [-0.05, 0) is 36.0 Å². The molecule has 2 nitrogen and oxygen atoms in total. The Morgan fingerprint density at radius 1 is 0.833 bits per heavy atom. The third-order valence-corrected chi connectivity index (χ3v) is 4.03. The van der Waals surface area contributed by atoms with Crippen molar-refractivity contribution in [3.63, 3.8) is 0 Å². The van der Waals surface area contributed by atoms with Crippen molar-refractivity contribution in [1.29, 1.82) is 0 Å². The summed E-state index contributed by atoms with van der Waals surface area (Å²) in [5.41, 5.74) is 3.32. The van der Waals surface area contributed by atoms with E-state index in [-0.39, 0.29) is 0 Å². The third kappa shape index (κ3) is 3.84. The fraction of sp³-hybridized carbons (Fsp3) is 0.600. The Morgan fingerprint density at radius 3 is 1.61 bits per heavy atom. The number of aryl methyl sites for hydroxylation is 3. The average Bonchev–Trinajstić information content (AvgIpc) is 2.29. The summed E-state index contributed by atoms with van der Waals surface area (Å²) in [6.45, 7) is 6.34. The molecular formula is C15H24O2S. The number of hydrogen-bond acceptors (Lipinski definition) is 2. The molecule has 1 aromatic rings. The molecule has 1 rings (SSSR count). The van der Waals surface area contributed by atoms with Crippen LogP contribution in [0.15, 0.2) is 17.0 Å². The Kier molecular flexibility index (Phi) is 6.41. The van der Waals surface area contributed by atoms with E-state index in [9.17, 15) is 8.42 Å². The largest absolute Gasteiger partial charge is 0.227 e. The van der Waals surface area contributed by atoms with Crippen molar-refractivity contribution in [2.75, 3.05) is 0 Å². The van der Waals surface area contributed by atoms with E-state index < -0.39 is 10.7 Å². The van der Waals surface area contributed by atoms with Crippen LogP contribution < -0.4 is 0 Å². The van der Waals surface area contributed by atoms with Gasteiger partial charge in [0.05, 0.1) is 4.90 Å². The van der Waals surface area contributed by atoms with Crippen LogP contribution in [0.3, 0.4) is 0 Å². The molecule has 0 radical (unpaired) electrons. The van der Waals surface area contributed by atoms with Gasteiger partial charge in [-0.15, -0.1) is 0 Å². The second-order valence-corrected chi connectivity index (χ2v) is 5.73. The molecule has 1 aromatic carbocycles. The quantitative estimate of drug-likeness (QED) is 0.768. The molecule has 0 amide bonds. The third-order valence-electron chi connectivity index (χ3n) is 3.09. The van der Waals surface area contributed by atoms with Crippen LogP contribution in [-0.4, -0.2) is 8.42 Å². The summed E-state index contributed by atoms with van der Waals surface area (Å²) in [5, 5.41) is 0. The van der Waals surface area contributed by atoms with Crippen molar-refractivity contribution in [1.82, 2.24) is 0 Å². The van der Waals surface area contributed by atoms with Gasteiger partial charge in [0, 0.05) is 0 Å². The van der Waals surface area contributed by atoms with Gasteiger partial charge in [-0.25, -0.2) is 8.42 Å². The Balaban J connectivity index is 3.33. The Labute approximate surface area is 112 Å². The summed E-state index contributed by atoms with van der Waals surface area (Å²) >= 11 is 0. The molecule has 0 aliphatic rings. The molecule has 0 N–H and O–H groups in total. The average molecular weight is 268 g/mol. The van der Waals surface area contributed by atoms with Crippen LogP contribution >= 0.6 is 0 Å². The number of benzene rings is 1. The van der Waals surface area contributed by atoms with Crippen LogP contribution in [0.25, 0.3) is 0 Å². The molecule has 0 unspecified atom stereocenters. The number of hydrogen-bond donors (Lipinski definition) is 1. The normalized spacial score (nSPS) is 11.1. The molecule has 0 heterocycles. The van der Waals surface area contributed by atoms with Crippen LogP contribution in [-0.2, 0) is 30.0 Å². The number of thiol groups is 1. The molecule has 102 valence electrons. The molecule has 0 bridgehead atoms. The SMILES string of the molecule is CCCc1cc(CCC)c([SH](=O)=O)c(CCC)c1. The Bertz CT molecular complexity index is 427.